The Morgan fingerprint density at radius 1 is 1.05 bits per heavy atom. The lowest BCUT2D eigenvalue weighted by molar-refractivity contribution is 0.226. The lowest BCUT2D eigenvalue weighted by Crippen LogP contribution is -2.37. The van der Waals surface area contributed by atoms with Crippen LogP contribution in [0.25, 0.3) is 0 Å². The summed E-state index contributed by atoms with van der Waals surface area (Å²) in [4.78, 5) is 0. The van der Waals surface area contributed by atoms with Crippen LogP contribution in [-0.2, 0) is 6.42 Å². The average molecular weight is 288 g/mol. The van der Waals surface area contributed by atoms with Crippen LogP contribution >= 0.6 is 7.92 Å². The second-order valence-corrected chi connectivity index (χ2v) is 9.83. The van der Waals surface area contributed by atoms with Crippen molar-refractivity contribution in [2.75, 3.05) is 12.3 Å². The van der Waals surface area contributed by atoms with Gasteiger partial charge in [-0.3, -0.25) is 0 Å². The number of hydrogen-bond acceptors (Lipinski definition) is 0. The highest BCUT2D eigenvalue weighted by Crippen LogP contribution is 2.58. The normalized spacial score (nSPS) is 36.8. The van der Waals surface area contributed by atoms with Gasteiger partial charge in [0.2, 0.25) is 0 Å². The maximum Gasteiger partial charge on any atom is -0.0181 e. The van der Waals surface area contributed by atoms with Gasteiger partial charge in [0.25, 0.3) is 0 Å². The van der Waals surface area contributed by atoms with Gasteiger partial charge in [-0.25, -0.2) is 0 Å². The summed E-state index contributed by atoms with van der Waals surface area (Å²) in [5.74, 6) is 3.10. The van der Waals surface area contributed by atoms with E-state index in [1.54, 1.807) is 12.6 Å². The standard InChI is InChI=1S/C19H29P/c1-15-10-11-18-13-19(15)20(14-16(18)2)12-6-9-17-7-4-3-5-8-17/h3-5,7-8,15-16,18-19H,6,9-14H2,1-2H3/t15-,16?,18-,19-,20?/m0/s1. The van der Waals surface area contributed by atoms with Crippen molar-refractivity contribution in [1.82, 2.24) is 0 Å². The van der Waals surface area contributed by atoms with Crippen LogP contribution in [0, 0.1) is 17.8 Å². The SMILES string of the molecule is CC1CP(CCCc2ccccc2)[C@H]2C[C@@H]1CC[C@@H]2C. The fraction of sp³-hybridized carbons (Fsp3) is 0.684. The number of benzene rings is 1. The number of fused-ring (bicyclic) bond motifs is 2. The molecule has 20 heavy (non-hydrogen) atoms. The Labute approximate surface area is 126 Å². The van der Waals surface area contributed by atoms with Gasteiger partial charge in [0.05, 0.1) is 0 Å². The molecule has 0 N–H and O–H groups in total. The van der Waals surface area contributed by atoms with Crippen molar-refractivity contribution in [2.24, 2.45) is 17.8 Å². The van der Waals surface area contributed by atoms with Crippen LogP contribution in [0.1, 0.15) is 45.1 Å². The van der Waals surface area contributed by atoms with E-state index in [2.05, 4.69) is 44.2 Å². The lowest BCUT2D eigenvalue weighted by atomic mass is 9.76. The molecule has 1 aliphatic carbocycles. The van der Waals surface area contributed by atoms with Gasteiger partial charge in [-0.15, -0.1) is 7.92 Å². The molecule has 2 bridgehead atoms. The molecule has 1 heterocycles. The molecule has 1 aromatic carbocycles. The molecule has 0 spiro atoms. The van der Waals surface area contributed by atoms with Crippen molar-refractivity contribution in [3.63, 3.8) is 0 Å². The summed E-state index contributed by atoms with van der Waals surface area (Å²) in [6, 6.07) is 11.1. The Kier molecular flexibility index (Phi) is 4.82. The molecule has 1 aliphatic heterocycles. The highest BCUT2D eigenvalue weighted by Gasteiger charge is 2.39. The van der Waals surface area contributed by atoms with E-state index < -0.39 is 0 Å². The second kappa shape index (κ2) is 6.61. The molecule has 5 atom stereocenters. The minimum atomic E-state index is 0.314. The Balaban J connectivity index is 1.53. The summed E-state index contributed by atoms with van der Waals surface area (Å²) >= 11 is 0. The molecule has 1 aromatic rings. The van der Waals surface area contributed by atoms with Crippen LogP contribution in [0.3, 0.4) is 0 Å². The van der Waals surface area contributed by atoms with Crippen molar-refractivity contribution in [3.8, 4) is 0 Å². The molecule has 110 valence electrons. The van der Waals surface area contributed by atoms with Crippen molar-refractivity contribution >= 4 is 7.92 Å². The maximum atomic E-state index is 2.53. The first-order valence-electron chi connectivity index (χ1n) is 8.52. The predicted molar refractivity (Wildman–Crippen MR) is 90.9 cm³/mol. The zero-order valence-corrected chi connectivity index (χ0v) is 14.0. The molecule has 0 aromatic heterocycles. The van der Waals surface area contributed by atoms with Crippen LogP contribution < -0.4 is 0 Å². The topological polar surface area (TPSA) is 0 Å². The molecule has 0 radical (unpaired) electrons. The summed E-state index contributed by atoms with van der Waals surface area (Å²) in [6.07, 6.45) is 10.4. The molecular weight excluding hydrogens is 259 g/mol. The van der Waals surface area contributed by atoms with Crippen LogP contribution in [0.5, 0.6) is 0 Å². The number of aryl methyl sites for hydroxylation is 1. The molecule has 0 amide bonds. The number of rotatable bonds is 4. The molecular formula is C19H29P. The molecule has 1 saturated heterocycles. The zero-order valence-electron chi connectivity index (χ0n) is 13.1. The number of hydrogen-bond donors (Lipinski definition) is 0. The van der Waals surface area contributed by atoms with E-state index in [1.807, 2.05) is 0 Å². The smallest absolute Gasteiger partial charge is 0.0181 e. The Morgan fingerprint density at radius 3 is 2.65 bits per heavy atom. The third kappa shape index (κ3) is 3.28. The maximum absolute atomic E-state index is 2.53. The predicted octanol–water partition coefficient (Wildman–Crippen LogP) is 5.56. The van der Waals surface area contributed by atoms with Crippen LogP contribution in [0.2, 0.25) is 0 Å². The van der Waals surface area contributed by atoms with E-state index in [1.165, 1.54) is 37.4 Å². The molecule has 1 saturated carbocycles. The van der Waals surface area contributed by atoms with Crippen LogP contribution in [0.4, 0.5) is 0 Å². The third-order valence-electron chi connectivity index (χ3n) is 5.74. The van der Waals surface area contributed by atoms with Crippen molar-refractivity contribution < 1.29 is 0 Å². The van der Waals surface area contributed by atoms with E-state index in [-0.39, 0.29) is 0 Å². The molecule has 2 unspecified atom stereocenters. The molecule has 0 nitrogen and oxygen atoms in total. The quantitative estimate of drug-likeness (QED) is 0.637. The first-order chi connectivity index (χ1) is 9.74. The first kappa shape index (κ1) is 14.6. The van der Waals surface area contributed by atoms with Crippen LogP contribution in [-0.4, -0.2) is 18.0 Å². The van der Waals surface area contributed by atoms with Gasteiger partial charge in [0.15, 0.2) is 0 Å². The highest BCUT2D eigenvalue weighted by molar-refractivity contribution is 7.58. The van der Waals surface area contributed by atoms with Gasteiger partial charge in [-0.05, 0) is 73.4 Å². The summed E-state index contributed by atoms with van der Waals surface area (Å²) in [5, 5.41) is 0. The van der Waals surface area contributed by atoms with Gasteiger partial charge < -0.3 is 0 Å². The third-order valence-corrected chi connectivity index (χ3v) is 9.34. The van der Waals surface area contributed by atoms with Gasteiger partial charge in [0.1, 0.15) is 0 Å². The lowest BCUT2D eigenvalue weighted by Gasteiger charge is -2.47. The molecule has 2 fully saturated rings. The largest absolute Gasteiger partial charge is 0.103 e. The molecule has 1 heteroatoms. The monoisotopic (exact) mass is 288 g/mol. The Hall–Kier alpha value is -0.350. The summed E-state index contributed by atoms with van der Waals surface area (Å²) in [5.41, 5.74) is 2.64. The Bertz CT molecular complexity index is 413. The van der Waals surface area contributed by atoms with Crippen molar-refractivity contribution in [1.29, 1.82) is 0 Å². The Morgan fingerprint density at radius 2 is 1.85 bits per heavy atom. The minimum Gasteiger partial charge on any atom is -0.103 e. The van der Waals surface area contributed by atoms with E-state index in [0.29, 0.717) is 7.92 Å². The highest BCUT2D eigenvalue weighted by atomic mass is 31.1. The van der Waals surface area contributed by atoms with Gasteiger partial charge in [0, 0.05) is 0 Å². The average Bonchev–Trinajstić information content (AvgIpc) is 2.47. The first-order valence-corrected chi connectivity index (χ1v) is 10.3. The summed E-state index contributed by atoms with van der Waals surface area (Å²) < 4.78 is 0. The van der Waals surface area contributed by atoms with Gasteiger partial charge >= 0.3 is 0 Å². The van der Waals surface area contributed by atoms with E-state index in [4.69, 9.17) is 0 Å². The summed E-state index contributed by atoms with van der Waals surface area (Å²) in [7, 11) is 0.314. The fourth-order valence-electron chi connectivity index (χ4n) is 4.40. The molecule has 3 rings (SSSR count). The van der Waals surface area contributed by atoms with E-state index in [0.717, 1.165) is 23.4 Å². The van der Waals surface area contributed by atoms with Crippen LogP contribution in [0.15, 0.2) is 30.3 Å². The van der Waals surface area contributed by atoms with E-state index >= 15 is 0 Å². The van der Waals surface area contributed by atoms with Crippen molar-refractivity contribution in [2.45, 2.75) is 51.6 Å². The van der Waals surface area contributed by atoms with Gasteiger partial charge in [-0.2, -0.15) is 0 Å². The minimum absolute atomic E-state index is 0.314. The van der Waals surface area contributed by atoms with E-state index in [9.17, 15) is 0 Å². The fourth-order valence-corrected chi connectivity index (χ4v) is 8.22. The van der Waals surface area contributed by atoms with Crippen molar-refractivity contribution in [3.05, 3.63) is 35.9 Å². The molecule has 2 aliphatic rings. The van der Waals surface area contributed by atoms with Gasteiger partial charge in [-0.1, -0.05) is 44.2 Å². The second-order valence-electron chi connectivity index (χ2n) is 7.18. The zero-order chi connectivity index (χ0) is 13.9. The summed E-state index contributed by atoms with van der Waals surface area (Å²) in [6.45, 7) is 5.06.